The van der Waals surface area contributed by atoms with Crippen molar-refractivity contribution in [3.63, 3.8) is 0 Å². The van der Waals surface area contributed by atoms with Crippen molar-refractivity contribution >= 4 is 5.69 Å². The maximum atomic E-state index is 5.90. The number of hydrogen-bond acceptors (Lipinski definition) is 3. The Hall–Kier alpha value is -1.84. The van der Waals surface area contributed by atoms with Crippen molar-refractivity contribution in [3.8, 4) is 0 Å². The molecule has 0 aliphatic carbocycles. The fourth-order valence-electron chi connectivity index (χ4n) is 1.80. The van der Waals surface area contributed by atoms with E-state index in [1.165, 1.54) is 5.69 Å². The van der Waals surface area contributed by atoms with Crippen molar-refractivity contribution in [3.05, 3.63) is 41.5 Å². The molecule has 0 unspecified atom stereocenters. The largest absolute Gasteiger partial charge is 0.398 e. The van der Waals surface area contributed by atoms with E-state index in [0.717, 1.165) is 29.9 Å². The molecule has 0 aliphatic rings. The van der Waals surface area contributed by atoms with E-state index in [9.17, 15) is 0 Å². The van der Waals surface area contributed by atoms with Crippen molar-refractivity contribution in [2.75, 3.05) is 5.73 Å². The standard InChI is InChI=1S/C12H16N4/c1-3-16-11(6-9(2)15-16)7-10-8-14-5-4-12(10)13/h4-6,8H,3,7H2,1-2H3,(H2,13,14). The molecule has 4 nitrogen and oxygen atoms in total. The first-order valence-corrected chi connectivity index (χ1v) is 5.42. The van der Waals surface area contributed by atoms with Crippen LogP contribution in [0.1, 0.15) is 23.9 Å². The van der Waals surface area contributed by atoms with E-state index >= 15 is 0 Å². The van der Waals surface area contributed by atoms with Crippen molar-refractivity contribution in [1.29, 1.82) is 0 Å². The van der Waals surface area contributed by atoms with E-state index < -0.39 is 0 Å². The lowest BCUT2D eigenvalue weighted by Gasteiger charge is -2.06. The van der Waals surface area contributed by atoms with Crippen molar-refractivity contribution < 1.29 is 0 Å². The lowest BCUT2D eigenvalue weighted by Crippen LogP contribution is -2.05. The maximum Gasteiger partial charge on any atom is 0.0596 e. The van der Waals surface area contributed by atoms with Crippen LogP contribution in [0.4, 0.5) is 5.69 Å². The Bertz CT molecular complexity index is 488. The van der Waals surface area contributed by atoms with Gasteiger partial charge in [-0.15, -0.1) is 0 Å². The van der Waals surface area contributed by atoms with E-state index in [1.54, 1.807) is 6.20 Å². The second-order valence-corrected chi connectivity index (χ2v) is 3.84. The van der Waals surface area contributed by atoms with Gasteiger partial charge in [0.05, 0.1) is 5.69 Å². The molecule has 2 aromatic heterocycles. The number of nitrogen functional groups attached to an aromatic ring is 1. The number of rotatable bonds is 3. The van der Waals surface area contributed by atoms with Gasteiger partial charge in [-0.3, -0.25) is 9.67 Å². The van der Waals surface area contributed by atoms with Crippen LogP contribution in [-0.2, 0) is 13.0 Å². The number of aryl methyl sites for hydroxylation is 2. The van der Waals surface area contributed by atoms with Crippen LogP contribution >= 0.6 is 0 Å². The highest BCUT2D eigenvalue weighted by Gasteiger charge is 2.07. The first-order valence-electron chi connectivity index (χ1n) is 5.42. The fraction of sp³-hybridized carbons (Fsp3) is 0.333. The Balaban J connectivity index is 2.30. The highest BCUT2D eigenvalue weighted by atomic mass is 15.3. The van der Waals surface area contributed by atoms with E-state index in [4.69, 9.17) is 5.73 Å². The van der Waals surface area contributed by atoms with Crippen LogP contribution in [0, 0.1) is 6.92 Å². The van der Waals surface area contributed by atoms with Crippen LogP contribution in [0.3, 0.4) is 0 Å². The third-order valence-electron chi connectivity index (χ3n) is 2.60. The molecule has 0 amide bonds. The zero-order valence-electron chi connectivity index (χ0n) is 9.64. The van der Waals surface area contributed by atoms with Crippen LogP contribution in [0.2, 0.25) is 0 Å². The molecule has 16 heavy (non-hydrogen) atoms. The van der Waals surface area contributed by atoms with Crippen LogP contribution in [0.15, 0.2) is 24.5 Å². The average Bonchev–Trinajstić information content (AvgIpc) is 2.62. The average molecular weight is 216 g/mol. The molecule has 0 bridgehead atoms. The van der Waals surface area contributed by atoms with Gasteiger partial charge in [-0.2, -0.15) is 5.10 Å². The first kappa shape index (κ1) is 10.7. The van der Waals surface area contributed by atoms with Crippen LogP contribution in [0.25, 0.3) is 0 Å². The topological polar surface area (TPSA) is 56.7 Å². The molecule has 0 aromatic carbocycles. The smallest absolute Gasteiger partial charge is 0.0596 e. The maximum absolute atomic E-state index is 5.90. The van der Waals surface area contributed by atoms with Gasteiger partial charge >= 0.3 is 0 Å². The molecule has 0 fully saturated rings. The van der Waals surface area contributed by atoms with Gasteiger partial charge in [0, 0.05) is 36.7 Å². The summed E-state index contributed by atoms with van der Waals surface area (Å²) in [7, 11) is 0. The molecular weight excluding hydrogens is 200 g/mol. The van der Waals surface area contributed by atoms with Gasteiger partial charge < -0.3 is 5.73 Å². The van der Waals surface area contributed by atoms with Crippen LogP contribution in [-0.4, -0.2) is 14.8 Å². The molecule has 0 aliphatic heterocycles. The molecule has 4 heteroatoms. The molecule has 2 N–H and O–H groups in total. The molecule has 0 atom stereocenters. The van der Waals surface area contributed by atoms with Gasteiger partial charge in [-0.25, -0.2) is 0 Å². The van der Waals surface area contributed by atoms with Gasteiger partial charge in [-0.05, 0) is 31.5 Å². The summed E-state index contributed by atoms with van der Waals surface area (Å²) in [5.41, 5.74) is 9.96. The van der Waals surface area contributed by atoms with E-state index in [-0.39, 0.29) is 0 Å². The fourth-order valence-corrected chi connectivity index (χ4v) is 1.80. The number of pyridine rings is 1. The molecule has 0 radical (unpaired) electrons. The van der Waals surface area contributed by atoms with Crippen LogP contribution in [0.5, 0.6) is 0 Å². The second-order valence-electron chi connectivity index (χ2n) is 3.84. The summed E-state index contributed by atoms with van der Waals surface area (Å²) in [6.45, 7) is 4.97. The molecule has 0 saturated carbocycles. The molecule has 0 saturated heterocycles. The summed E-state index contributed by atoms with van der Waals surface area (Å²) in [4.78, 5) is 4.09. The van der Waals surface area contributed by atoms with Gasteiger partial charge in [-0.1, -0.05) is 0 Å². The monoisotopic (exact) mass is 216 g/mol. The Morgan fingerprint density at radius 3 is 2.94 bits per heavy atom. The molecule has 2 rings (SSSR count). The highest BCUT2D eigenvalue weighted by Crippen LogP contribution is 2.15. The van der Waals surface area contributed by atoms with Crippen molar-refractivity contribution in [2.45, 2.75) is 26.8 Å². The van der Waals surface area contributed by atoms with Crippen LogP contribution < -0.4 is 5.73 Å². The number of aromatic nitrogens is 3. The summed E-state index contributed by atoms with van der Waals surface area (Å²) in [6, 6.07) is 3.92. The summed E-state index contributed by atoms with van der Waals surface area (Å²) in [5.74, 6) is 0. The van der Waals surface area contributed by atoms with E-state index in [1.807, 2.05) is 23.9 Å². The molecule has 84 valence electrons. The van der Waals surface area contributed by atoms with Gasteiger partial charge in [0.25, 0.3) is 0 Å². The third kappa shape index (κ3) is 2.05. The SMILES string of the molecule is CCn1nc(C)cc1Cc1cnccc1N. The summed E-state index contributed by atoms with van der Waals surface area (Å²) in [6.07, 6.45) is 4.31. The Morgan fingerprint density at radius 2 is 2.25 bits per heavy atom. The minimum absolute atomic E-state index is 0.786. The zero-order valence-corrected chi connectivity index (χ0v) is 9.64. The van der Waals surface area contributed by atoms with Crippen molar-refractivity contribution in [1.82, 2.24) is 14.8 Å². The van der Waals surface area contributed by atoms with Crippen molar-refractivity contribution in [2.24, 2.45) is 0 Å². The summed E-state index contributed by atoms with van der Waals surface area (Å²) < 4.78 is 2.00. The summed E-state index contributed by atoms with van der Waals surface area (Å²) in [5, 5.41) is 4.41. The summed E-state index contributed by atoms with van der Waals surface area (Å²) >= 11 is 0. The lowest BCUT2D eigenvalue weighted by atomic mass is 10.1. The van der Waals surface area contributed by atoms with Gasteiger partial charge in [0.2, 0.25) is 0 Å². The minimum Gasteiger partial charge on any atom is -0.398 e. The quantitative estimate of drug-likeness (QED) is 0.850. The third-order valence-corrected chi connectivity index (χ3v) is 2.60. The number of nitrogens with two attached hydrogens (primary N) is 1. The number of anilines is 1. The number of hydrogen-bond donors (Lipinski definition) is 1. The molecule has 2 heterocycles. The lowest BCUT2D eigenvalue weighted by molar-refractivity contribution is 0.625. The van der Waals surface area contributed by atoms with E-state index in [0.29, 0.717) is 0 Å². The van der Waals surface area contributed by atoms with Gasteiger partial charge in [0.1, 0.15) is 0 Å². The molecular formula is C12H16N4. The Kier molecular flexibility index (Phi) is 2.90. The second kappa shape index (κ2) is 4.35. The van der Waals surface area contributed by atoms with E-state index in [2.05, 4.69) is 23.1 Å². The number of nitrogens with zero attached hydrogens (tertiary/aromatic N) is 3. The Morgan fingerprint density at radius 1 is 1.44 bits per heavy atom. The molecule has 2 aromatic rings. The highest BCUT2D eigenvalue weighted by molar-refractivity contribution is 5.46. The van der Waals surface area contributed by atoms with Gasteiger partial charge in [0.15, 0.2) is 0 Å². The molecule has 0 spiro atoms. The first-order chi connectivity index (χ1) is 7.70. The zero-order chi connectivity index (χ0) is 11.5. The minimum atomic E-state index is 0.786. The predicted molar refractivity (Wildman–Crippen MR) is 64.1 cm³/mol. The Labute approximate surface area is 95.1 Å². The normalized spacial score (nSPS) is 10.6. The predicted octanol–water partition coefficient (Wildman–Crippen LogP) is 1.78.